The maximum absolute atomic E-state index is 13.2. The molecule has 30 heavy (non-hydrogen) atoms. The van der Waals surface area contributed by atoms with Gasteiger partial charge in [0.25, 0.3) is 23.6 Å². The molecule has 4 amide bonds. The van der Waals surface area contributed by atoms with E-state index in [1.54, 1.807) is 59.3 Å². The number of carbonyl (C=O) groups excluding carboxylic acids is 4. The molecule has 0 radical (unpaired) electrons. The average Bonchev–Trinajstić information content (AvgIpc) is 3.45. The lowest BCUT2D eigenvalue weighted by Crippen LogP contribution is -2.43. The van der Waals surface area contributed by atoms with Gasteiger partial charge in [0, 0.05) is 33.0 Å². The van der Waals surface area contributed by atoms with Gasteiger partial charge in [0.05, 0.1) is 0 Å². The van der Waals surface area contributed by atoms with Crippen molar-refractivity contribution in [2.24, 2.45) is 0 Å². The van der Waals surface area contributed by atoms with Crippen molar-refractivity contribution in [3.05, 3.63) is 81.5 Å². The predicted molar refractivity (Wildman–Crippen MR) is 115 cm³/mol. The summed E-state index contributed by atoms with van der Waals surface area (Å²) in [7, 11) is 0. The molecule has 8 heteroatoms. The van der Waals surface area contributed by atoms with E-state index in [2.05, 4.69) is 0 Å². The molecule has 6 rings (SSSR count). The van der Waals surface area contributed by atoms with E-state index in [9.17, 15) is 19.2 Å². The second kappa shape index (κ2) is 5.94. The number of benzene rings is 2. The zero-order valence-corrected chi connectivity index (χ0v) is 16.8. The Balaban J connectivity index is 1.63. The molecule has 0 N–H and O–H groups in total. The van der Waals surface area contributed by atoms with E-state index >= 15 is 0 Å². The van der Waals surface area contributed by atoms with Crippen LogP contribution in [-0.4, -0.2) is 23.6 Å². The fourth-order valence-electron chi connectivity index (χ4n) is 4.07. The number of imide groups is 2. The summed E-state index contributed by atoms with van der Waals surface area (Å²) in [6, 6.07) is 13.2. The third kappa shape index (κ3) is 2.06. The van der Waals surface area contributed by atoms with Crippen molar-refractivity contribution in [2.75, 3.05) is 9.80 Å². The Morgan fingerprint density at radius 3 is 1.10 bits per heavy atom. The number of hydrogen-bond donors (Lipinski definition) is 0. The van der Waals surface area contributed by atoms with Gasteiger partial charge in [0.2, 0.25) is 0 Å². The van der Waals surface area contributed by atoms with Crippen molar-refractivity contribution < 1.29 is 19.2 Å². The summed E-state index contributed by atoms with van der Waals surface area (Å²) in [5.74, 6) is -1.84. The molecular weight excluding hydrogens is 420 g/mol. The molecule has 4 aromatic rings. The molecule has 0 saturated heterocycles. The quantitative estimate of drug-likeness (QED) is 0.437. The highest BCUT2D eigenvalue weighted by molar-refractivity contribution is 7.15. The Labute approximate surface area is 177 Å². The number of anilines is 2. The van der Waals surface area contributed by atoms with Gasteiger partial charge in [-0.3, -0.25) is 19.2 Å². The van der Waals surface area contributed by atoms with Crippen molar-refractivity contribution in [3.8, 4) is 0 Å². The second-order valence-electron chi connectivity index (χ2n) is 6.87. The van der Waals surface area contributed by atoms with Gasteiger partial charge in [-0.05, 0) is 59.3 Å². The van der Waals surface area contributed by atoms with E-state index in [-0.39, 0.29) is 0 Å². The maximum atomic E-state index is 13.2. The summed E-state index contributed by atoms with van der Waals surface area (Å²) in [5, 5.41) is 5.39. The van der Waals surface area contributed by atoms with Gasteiger partial charge < -0.3 is 0 Å². The van der Waals surface area contributed by atoms with Crippen LogP contribution in [0.5, 0.6) is 0 Å². The van der Waals surface area contributed by atoms with Gasteiger partial charge in [-0.25, -0.2) is 9.80 Å². The standard InChI is InChI=1S/C22H10N2O4S2/c25-19-11-5-7-13-18-14(22(28)24(21(13)27)16-4-2-10-30-16)8-6-12(17(11)18)20(26)23(19)15-3-1-9-29-15/h1-10H. The number of amides is 4. The Morgan fingerprint density at radius 2 is 0.833 bits per heavy atom. The zero-order chi connectivity index (χ0) is 20.6. The highest BCUT2D eigenvalue weighted by atomic mass is 32.1. The Hall–Kier alpha value is -3.62. The monoisotopic (exact) mass is 430 g/mol. The molecule has 6 nitrogen and oxygen atoms in total. The van der Waals surface area contributed by atoms with E-state index in [4.69, 9.17) is 0 Å². The van der Waals surface area contributed by atoms with Crippen LogP contribution in [0.3, 0.4) is 0 Å². The van der Waals surface area contributed by atoms with Crippen LogP contribution >= 0.6 is 22.7 Å². The van der Waals surface area contributed by atoms with Crippen molar-refractivity contribution >= 4 is 67.1 Å². The average molecular weight is 430 g/mol. The Morgan fingerprint density at radius 1 is 0.500 bits per heavy atom. The van der Waals surface area contributed by atoms with Crippen molar-refractivity contribution in [3.63, 3.8) is 0 Å². The third-order valence-corrected chi connectivity index (χ3v) is 7.05. The molecule has 0 fully saturated rings. The Kier molecular flexibility index (Phi) is 3.42. The molecule has 4 heterocycles. The number of nitrogens with zero attached hydrogens (tertiary/aromatic N) is 2. The summed E-state index contributed by atoms with van der Waals surface area (Å²) in [4.78, 5) is 55.0. The number of hydrogen-bond acceptors (Lipinski definition) is 6. The first kappa shape index (κ1) is 17.3. The normalized spacial score (nSPS) is 15.5. The minimum Gasteiger partial charge on any atom is -0.268 e. The fraction of sp³-hybridized carbons (Fsp3) is 0. The summed E-state index contributed by atoms with van der Waals surface area (Å²) >= 11 is 2.59. The smallest absolute Gasteiger partial charge is 0.266 e. The minimum atomic E-state index is -0.459. The second-order valence-corrected chi connectivity index (χ2v) is 8.72. The highest BCUT2D eigenvalue weighted by Crippen LogP contribution is 2.41. The van der Waals surface area contributed by atoms with Crippen LogP contribution in [0.25, 0.3) is 10.8 Å². The molecule has 0 atom stereocenters. The lowest BCUT2D eigenvalue weighted by Gasteiger charge is -2.30. The third-order valence-electron chi connectivity index (χ3n) is 5.35. The molecule has 0 aliphatic carbocycles. The van der Waals surface area contributed by atoms with E-state index in [1.165, 1.54) is 22.7 Å². The van der Waals surface area contributed by atoms with Crippen LogP contribution in [-0.2, 0) is 0 Å². The minimum absolute atomic E-state index is 0.309. The number of carbonyl (C=O) groups is 4. The van der Waals surface area contributed by atoms with E-state index < -0.39 is 23.6 Å². The zero-order valence-electron chi connectivity index (χ0n) is 15.1. The molecule has 2 aliphatic rings. The maximum Gasteiger partial charge on any atom is 0.266 e. The predicted octanol–water partition coefficient (Wildman–Crippen LogP) is 4.56. The highest BCUT2D eigenvalue weighted by Gasteiger charge is 2.40. The summed E-state index contributed by atoms with van der Waals surface area (Å²) < 4.78 is 0. The van der Waals surface area contributed by atoms with Gasteiger partial charge in [0.15, 0.2) is 0 Å². The van der Waals surface area contributed by atoms with E-state index in [0.29, 0.717) is 43.0 Å². The van der Waals surface area contributed by atoms with Crippen LogP contribution < -0.4 is 9.80 Å². The fourth-order valence-corrected chi connectivity index (χ4v) is 5.52. The molecule has 2 aliphatic heterocycles. The van der Waals surface area contributed by atoms with Gasteiger partial charge in [-0.2, -0.15) is 0 Å². The van der Waals surface area contributed by atoms with Crippen LogP contribution in [0.1, 0.15) is 41.4 Å². The molecule has 0 unspecified atom stereocenters. The van der Waals surface area contributed by atoms with Crippen molar-refractivity contribution in [2.45, 2.75) is 0 Å². The van der Waals surface area contributed by atoms with Crippen LogP contribution in [0.2, 0.25) is 0 Å². The van der Waals surface area contributed by atoms with Crippen molar-refractivity contribution in [1.29, 1.82) is 0 Å². The largest absolute Gasteiger partial charge is 0.268 e. The molecule has 0 saturated carbocycles. The summed E-state index contributed by atoms with van der Waals surface area (Å²) in [6.07, 6.45) is 0. The molecule has 144 valence electrons. The van der Waals surface area contributed by atoms with Gasteiger partial charge in [-0.15, -0.1) is 22.7 Å². The molecule has 0 bridgehead atoms. The van der Waals surface area contributed by atoms with Crippen molar-refractivity contribution in [1.82, 2.24) is 0 Å². The first-order valence-electron chi connectivity index (χ1n) is 9.02. The van der Waals surface area contributed by atoms with Gasteiger partial charge >= 0.3 is 0 Å². The summed E-state index contributed by atoms with van der Waals surface area (Å²) in [5.41, 5.74) is 1.24. The van der Waals surface area contributed by atoms with E-state index in [0.717, 1.165) is 9.80 Å². The van der Waals surface area contributed by atoms with Crippen LogP contribution in [0.4, 0.5) is 10.0 Å². The molecule has 2 aromatic carbocycles. The first-order valence-corrected chi connectivity index (χ1v) is 10.8. The van der Waals surface area contributed by atoms with Gasteiger partial charge in [0.1, 0.15) is 10.0 Å². The lowest BCUT2D eigenvalue weighted by molar-refractivity contribution is 0.0874. The SMILES string of the molecule is O=C1c2ccc3c4c(ccc(c24)C(=O)N1c1cccs1)C(=O)N(c1cccs1)C3=O. The van der Waals surface area contributed by atoms with E-state index in [1.807, 2.05) is 0 Å². The molecular formula is C22H10N2O4S2. The van der Waals surface area contributed by atoms with Crippen LogP contribution in [0, 0.1) is 0 Å². The topological polar surface area (TPSA) is 74.8 Å². The van der Waals surface area contributed by atoms with Crippen LogP contribution in [0.15, 0.2) is 59.3 Å². The Bertz CT molecular complexity index is 1240. The number of rotatable bonds is 2. The summed E-state index contributed by atoms with van der Waals surface area (Å²) in [6.45, 7) is 0. The van der Waals surface area contributed by atoms with Gasteiger partial charge in [-0.1, -0.05) is 0 Å². The number of thiophene rings is 2. The first-order chi connectivity index (χ1) is 14.6. The molecule has 2 aromatic heterocycles. The molecule has 0 spiro atoms. The lowest BCUT2D eigenvalue weighted by atomic mass is 9.86.